The minimum Gasteiger partial charge on any atom is -0.395 e. The summed E-state index contributed by atoms with van der Waals surface area (Å²) in [5.41, 5.74) is 0. The molecule has 0 aromatic rings. The van der Waals surface area contributed by atoms with Gasteiger partial charge in [-0.3, -0.25) is 0 Å². The number of aliphatic hydroxyl groups excluding tert-OH is 1. The van der Waals surface area contributed by atoms with Crippen molar-refractivity contribution in [1.29, 1.82) is 0 Å². The van der Waals surface area contributed by atoms with E-state index in [-0.39, 0.29) is 19.2 Å². The maximum Gasteiger partial charge on any atom is 0.282 e. The fourth-order valence-electron chi connectivity index (χ4n) is 2.26. The van der Waals surface area contributed by atoms with Crippen LogP contribution in [0, 0.1) is 0 Å². The number of β-amino-alcohol motifs (C(OH)–C–C–N with tert-alkyl or cyclic N) is 1. The lowest BCUT2D eigenvalue weighted by atomic mass is 10.1. The minimum absolute atomic E-state index is 0.0974. The maximum absolute atomic E-state index is 11.9. The first-order valence-electron chi connectivity index (χ1n) is 5.04. The lowest BCUT2D eigenvalue weighted by Crippen LogP contribution is -2.39. The zero-order chi connectivity index (χ0) is 10.2. The van der Waals surface area contributed by atoms with Crippen LogP contribution in [0.5, 0.6) is 0 Å². The second-order valence-electron chi connectivity index (χ2n) is 3.85. The van der Waals surface area contributed by atoms with Gasteiger partial charge in [0.15, 0.2) is 0 Å². The highest BCUT2D eigenvalue weighted by Gasteiger charge is 2.44. The zero-order valence-electron chi connectivity index (χ0n) is 8.09. The fourth-order valence-corrected chi connectivity index (χ4v) is 4.13. The monoisotopic (exact) mass is 220 g/mol. The van der Waals surface area contributed by atoms with Crippen LogP contribution in [0.25, 0.3) is 0 Å². The van der Waals surface area contributed by atoms with E-state index < -0.39 is 10.2 Å². The maximum atomic E-state index is 11.9. The Kier molecular flexibility index (Phi) is 2.79. The van der Waals surface area contributed by atoms with Crippen molar-refractivity contribution in [2.75, 3.05) is 26.2 Å². The van der Waals surface area contributed by atoms with Crippen molar-refractivity contribution in [3.8, 4) is 0 Å². The number of hydrogen-bond acceptors (Lipinski definition) is 3. The molecule has 1 N–H and O–H groups in total. The molecule has 82 valence electrons. The van der Waals surface area contributed by atoms with Gasteiger partial charge in [-0.25, -0.2) is 0 Å². The summed E-state index contributed by atoms with van der Waals surface area (Å²) in [7, 11) is -3.24. The van der Waals surface area contributed by atoms with Crippen LogP contribution in [-0.2, 0) is 10.2 Å². The van der Waals surface area contributed by atoms with Crippen molar-refractivity contribution < 1.29 is 13.5 Å². The van der Waals surface area contributed by atoms with E-state index in [1.54, 1.807) is 4.31 Å². The molecule has 0 spiro atoms. The predicted octanol–water partition coefficient (Wildman–Crippen LogP) is -0.606. The van der Waals surface area contributed by atoms with Crippen LogP contribution in [0.15, 0.2) is 0 Å². The van der Waals surface area contributed by atoms with E-state index >= 15 is 0 Å². The highest BCUT2D eigenvalue weighted by Crippen LogP contribution is 2.29. The van der Waals surface area contributed by atoms with Crippen LogP contribution in [0.2, 0.25) is 0 Å². The fraction of sp³-hybridized carbons (Fsp3) is 1.00. The molecule has 0 amide bonds. The summed E-state index contributed by atoms with van der Waals surface area (Å²) in [4.78, 5) is 0. The normalized spacial score (nSPS) is 33.1. The molecule has 14 heavy (non-hydrogen) atoms. The summed E-state index contributed by atoms with van der Waals surface area (Å²) in [6, 6.07) is 0.153. The Morgan fingerprint density at radius 3 is 2.79 bits per heavy atom. The van der Waals surface area contributed by atoms with Crippen LogP contribution >= 0.6 is 0 Å². The van der Waals surface area contributed by atoms with E-state index in [0.29, 0.717) is 13.1 Å². The molecule has 2 rings (SSSR count). The molecule has 0 aromatic carbocycles. The van der Waals surface area contributed by atoms with E-state index in [9.17, 15) is 8.42 Å². The topological polar surface area (TPSA) is 60.9 Å². The summed E-state index contributed by atoms with van der Waals surface area (Å²) < 4.78 is 26.7. The Bertz CT molecular complexity index is 304. The molecule has 0 unspecified atom stereocenters. The quantitative estimate of drug-likeness (QED) is 0.675. The van der Waals surface area contributed by atoms with E-state index in [1.807, 2.05) is 0 Å². The average Bonchev–Trinajstić information content (AvgIpc) is 2.41. The third-order valence-corrected chi connectivity index (χ3v) is 5.02. The summed E-state index contributed by atoms with van der Waals surface area (Å²) in [6.07, 6.45) is 3.04. The lowest BCUT2D eigenvalue weighted by Gasteiger charge is -2.26. The number of fused-ring (bicyclic) bond motifs is 1. The number of hydrogen-bond donors (Lipinski definition) is 1. The van der Waals surface area contributed by atoms with Gasteiger partial charge in [-0.1, -0.05) is 6.42 Å². The standard InChI is InChI=1S/C8H16N2O3S/c11-6-5-9-7-8-3-1-2-4-10(8)14(9,12)13/h8,11H,1-7H2/t8-/m1/s1. The molecule has 2 fully saturated rings. The van der Waals surface area contributed by atoms with Crippen LogP contribution in [-0.4, -0.2) is 54.4 Å². The molecule has 0 saturated carbocycles. The molecule has 0 aliphatic carbocycles. The average molecular weight is 220 g/mol. The van der Waals surface area contributed by atoms with E-state index in [0.717, 1.165) is 19.3 Å². The van der Waals surface area contributed by atoms with Gasteiger partial charge in [0, 0.05) is 25.7 Å². The van der Waals surface area contributed by atoms with Crippen molar-refractivity contribution in [1.82, 2.24) is 8.61 Å². The van der Waals surface area contributed by atoms with E-state index in [4.69, 9.17) is 5.11 Å². The first-order chi connectivity index (χ1) is 6.66. The van der Waals surface area contributed by atoms with Crippen LogP contribution in [0.3, 0.4) is 0 Å². The summed E-state index contributed by atoms with van der Waals surface area (Å²) in [5, 5.41) is 8.77. The Labute approximate surface area is 84.5 Å². The summed E-state index contributed by atoms with van der Waals surface area (Å²) in [6.45, 7) is 1.34. The van der Waals surface area contributed by atoms with Crippen molar-refractivity contribution >= 4 is 10.2 Å². The van der Waals surface area contributed by atoms with Crippen LogP contribution in [0.1, 0.15) is 19.3 Å². The second kappa shape index (κ2) is 3.77. The third kappa shape index (κ3) is 1.56. The highest BCUT2D eigenvalue weighted by molar-refractivity contribution is 7.87. The number of aliphatic hydroxyl groups is 1. The number of piperidine rings is 1. The van der Waals surface area contributed by atoms with Gasteiger partial charge in [-0.2, -0.15) is 17.0 Å². The largest absolute Gasteiger partial charge is 0.395 e. The Morgan fingerprint density at radius 2 is 2.14 bits per heavy atom. The van der Waals surface area contributed by atoms with Crippen molar-refractivity contribution in [2.45, 2.75) is 25.3 Å². The molecule has 2 aliphatic heterocycles. The molecule has 2 aliphatic rings. The van der Waals surface area contributed by atoms with E-state index in [1.165, 1.54) is 4.31 Å². The Morgan fingerprint density at radius 1 is 1.36 bits per heavy atom. The lowest BCUT2D eigenvalue weighted by molar-refractivity contribution is 0.245. The second-order valence-corrected chi connectivity index (χ2v) is 5.73. The predicted molar refractivity (Wildman–Crippen MR) is 51.9 cm³/mol. The van der Waals surface area contributed by atoms with Gasteiger partial charge in [0.25, 0.3) is 10.2 Å². The molecule has 0 bridgehead atoms. The van der Waals surface area contributed by atoms with Crippen LogP contribution < -0.4 is 0 Å². The van der Waals surface area contributed by atoms with Gasteiger partial charge >= 0.3 is 0 Å². The molecule has 2 saturated heterocycles. The Hall–Kier alpha value is -0.170. The third-order valence-electron chi connectivity index (χ3n) is 2.96. The smallest absolute Gasteiger partial charge is 0.282 e. The first kappa shape index (κ1) is 10.4. The van der Waals surface area contributed by atoms with Gasteiger partial charge in [0.1, 0.15) is 0 Å². The molecule has 2 heterocycles. The van der Waals surface area contributed by atoms with E-state index in [2.05, 4.69) is 0 Å². The molecular formula is C8H16N2O3S. The first-order valence-corrected chi connectivity index (χ1v) is 6.44. The minimum atomic E-state index is -3.24. The van der Waals surface area contributed by atoms with Crippen molar-refractivity contribution in [3.63, 3.8) is 0 Å². The van der Waals surface area contributed by atoms with Gasteiger partial charge in [-0.15, -0.1) is 0 Å². The van der Waals surface area contributed by atoms with Crippen LogP contribution in [0.4, 0.5) is 0 Å². The molecule has 5 nitrogen and oxygen atoms in total. The van der Waals surface area contributed by atoms with Gasteiger partial charge in [0.2, 0.25) is 0 Å². The highest BCUT2D eigenvalue weighted by atomic mass is 32.2. The Balaban J connectivity index is 2.18. The molecule has 1 atom stereocenters. The van der Waals surface area contributed by atoms with Crippen molar-refractivity contribution in [3.05, 3.63) is 0 Å². The van der Waals surface area contributed by atoms with Gasteiger partial charge < -0.3 is 5.11 Å². The summed E-state index contributed by atoms with van der Waals surface area (Å²) in [5.74, 6) is 0. The molecule has 0 radical (unpaired) electrons. The molecule has 6 heteroatoms. The number of rotatable bonds is 2. The van der Waals surface area contributed by atoms with Crippen molar-refractivity contribution in [2.24, 2.45) is 0 Å². The summed E-state index contributed by atoms with van der Waals surface area (Å²) >= 11 is 0. The zero-order valence-corrected chi connectivity index (χ0v) is 8.91. The van der Waals surface area contributed by atoms with Gasteiger partial charge in [-0.05, 0) is 12.8 Å². The SMILES string of the molecule is O=S1(=O)N(CCO)C[C@H]2CCCCN21. The molecular weight excluding hydrogens is 204 g/mol. The molecule has 0 aromatic heterocycles. The number of nitrogens with zero attached hydrogens (tertiary/aromatic N) is 2. The van der Waals surface area contributed by atoms with Gasteiger partial charge in [0.05, 0.1) is 6.61 Å².